The van der Waals surface area contributed by atoms with Crippen molar-refractivity contribution >= 4 is 146 Å². The van der Waals surface area contributed by atoms with Crippen LogP contribution in [0.2, 0.25) is 0 Å². The molecule has 0 fully saturated rings. The Balaban J connectivity index is 0.981. The average Bonchev–Trinajstić information content (AvgIpc) is 0.827. The van der Waals surface area contributed by atoms with Crippen molar-refractivity contribution in [1.82, 2.24) is 0 Å². The van der Waals surface area contributed by atoms with Crippen molar-refractivity contribution in [3.8, 4) is 28.7 Å². The summed E-state index contributed by atoms with van der Waals surface area (Å²) >= 11 is 0. The molecule has 32 heteroatoms. The van der Waals surface area contributed by atoms with Gasteiger partial charge in [0.1, 0.15) is 55.4 Å². The third-order valence-corrected chi connectivity index (χ3v) is 16.7. The van der Waals surface area contributed by atoms with E-state index in [-0.39, 0.29) is 85.1 Å². The lowest BCUT2D eigenvalue weighted by Crippen LogP contribution is -2.03. The summed E-state index contributed by atoms with van der Waals surface area (Å²) in [5, 5.41) is 86.0. The molecule has 0 heterocycles. The van der Waals surface area contributed by atoms with E-state index in [9.17, 15) is 72.3 Å². The standard InChI is InChI=1S/C56H43N11O17S4/c1-3-19-84-48-27-44(63-65-46-24-33(85(72,73)74)21-30-22-34(86(75,76)77)25-47(68)50(30)46)28(2)20-45(48)64-67-52-49(87(78,79)80)26-39-37(55(52)71)14-18-43(56(39)88(81,82)83)62-66-51-35-13-17-42(53(69)36(35)12-15-40(51)57)61-59-32-11-9-29-10-16-41(54(70)38(29)23-32)60-58-31-7-5-4-6-8-31/h4-18,20-27,68-71H,3,19,57H2,1-2H3,(H,72,73,74)(H,75,76,77)(H,78,79,80)(H,81,82,83). The minimum atomic E-state index is -5.46. The summed E-state index contributed by atoms with van der Waals surface area (Å²) in [4.78, 5) is -3.90. The van der Waals surface area contributed by atoms with Gasteiger partial charge in [-0.1, -0.05) is 37.3 Å². The monoisotopic (exact) mass is 1270 g/mol. The van der Waals surface area contributed by atoms with Crippen LogP contribution in [0.5, 0.6) is 28.7 Å². The molecule has 0 saturated heterocycles. The number of rotatable bonds is 17. The van der Waals surface area contributed by atoms with Gasteiger partial charge < -0.3 is 30.9 Å². The van der Waals surface area contributed by atoms with E-state index in [1.165, 1.54) is 43.3 Å². The first kappa shape index (κ1) is 60.8. The number of hydrogen-bond acceptors (Lipinski definition) is 24. The molecule has 0 radical (unpaired) electrons. The summed E-state index contributed by atoms with van der Waals surface area (Å²) in [7, 11) is -20.8. The Labute approximate surface area is 497 Å². The van der Waals surface area contributed by atoms with Gasteiger partial charge in [0.15, 0.2) is 17.2 Å². The molecule has 10 N–H and O–H groups in total. The maximum atomic E-state index is 13.2. The number of phenols is 4. The quantitative estimate of drug-likeness (QED) is 0.0232. The highest BCUT2D eigenvalue weighted by molar-refractivity contribution is 7.87. The molecule has 0 aliphatic rings. The van der Waals surface area contributed by atoms with Crippen LogP contribution in [-0.4, -0.2) is 78.9 Å². The molecule has 10 rings (SSSR count). The van der Waals surface area contributed by atoms with Gasteiger partial charge in [-0.25, -0.2) is 0 Å². The van der Waals surface area contributed by atoms with E-state index in [1.807, 2.05) is 6.07 Å². The van der Waals surface area contributed by atoms with Crippen molar-refractivity contribution in [2.24, 2.45) is 51.1 Å². The fraction of sp³-hybridized carbons (Fsp3) is 0.0714. The van der Waals surface area contributed by atoms with E-state index >= 15 is 0 Å². The van der Waals surface area contributed by atoms with Gasteiger partial charge in [-0.15, -0.1) is 35.8 Å². The topological polar surface area (TPSA) is 457 Å². The van der Waals surface area contributed by atoms with Crippen LogP contribution in [0.15, 0.2) is 210 Å². The molecule has 0 aliphatic heterocycles. The first-order valence-electron chi connectivity index (χ1n) is 25.3. The van der Waals surface area contributed by atoms with Gasteiger partial charge in [-0.2, -0.15) is 49.0 Å². The van der Waals surface area contributed by atoms with E-state index in [4.69, 9.17) is 10.5 Å². The molecular formula is C56H43N11O17S4. The molecule has 0 atom stereocenters. The van der Waals surface area contributed by atoms with Crippen LogP contribution >= 0.6 is 0 Å². The molecule has 0 amide bonds. The second-order valence-electron chi connectivity index (χ2n) is 19.1. The molecule has 448 valence electrons. The molecule has 28 nitrogen and oxygen atoms in total. The van der Waals surface area contributed by atoms with Crippen LogP contribution in [0.1, 0.15) is 18.9 Å². The summed E-state index contributed by atoms with van der Waals surface area (Å²) < 4.78 is 147. The van der Waals surface area contributed by atoms with Crippen LogP contribution in [0.4, 0.5) is 62.6 Å². The lowest BCUT2D eigenvalue weighted by atomic mass is 10.1. The predicted octanol–water partition coefficient (Wildman–Crippen LogP) is 14.9. The summed E-state index contributed by atoms with van der Waals surface area (Å²) in [6, 6.07) is 31.2. The van der Waals surface area contributed by atoms with E-state index in [0.29, 0.717) is 40.7 Å². The summed E-state index contributed by atoms with van der Waals surface area (Å²) in [5.41, 5.74) is 5.35. The molecule has 0 unspecified atom stereocenters. The van der Waals surface area contributed by atoms with Gasteiger partial charge in [0.25, 0.3) is 40.5 Å². The number of azo groups is 5. The number of benzene rings is 10. The predicted molar refractivity (Wildman–Crippen MR) is 320 cm³/mol. The highest BCUT2D eigenvalue weighted by Crippen LogP contribution is 2.49. The van der Waals surface area contributed by atoms with Gasteiger partial charge in [-0.3, -0.25) is 18.2 Å². The van der Waals surface area contributed by atoms with Crippen LogP contribution < -0.4 is 10.5 Å². The zero-order chi connectivity index (χ0) is 63.2. The minimum Gasteiger partial charge on any atom is -0.507 e. The zero-order valence-corrected chi connectivity index (χ0v) is 48.4. The normalized spacial score (nSPS) is 12.9. The van der Waals surface area contributed by atoms with E-state index in [2.05, 4.69) is 51.1 Å². The number of hydrogen-bond donors (Lipinski definition) is 9. The van der Waals surface area contributed by atoms with E-state index in [0.717, 1.165) is 30.3 Å². The zero-order valence-electron chi connectivity index (χ0n) is 45.1. The van der Waals surface area contributed by atoms with E-state index < -0.39 is 99.4 Å². The molecule has 0 aromatic heterocycles. The highest BCUT2D eigenvalue weighted by Gasteiger charge is 2.29. The highest BCUT2D eigenvalue weighted by atomic mass is 32.2. The van der Waals surface area contributed by atoms with E-state index in [1.54, 1.807) is 61.5 Å². The molecule has 10 aromatic carbocycles. The van der Waals surface area contributed by atoms with Gasteiger partial charge in [0, 0.05) is 39.1 Å². The summed E-state index contributed by atoms with van der Waals surface area (Å²) in [6.07, 6.45) is 0.417. The van der Waals surface area contributed by atoms with Gasteiger partial charge in [0.2, 0.25) is 0 Å². The second-order valence-corrected chi connectivity index (χ2v) is 24.7. The third-order valence-electron chi connectivity index (χ3n) is 13.2. The number of aryl methyl sites for hydroxylation is 1. The number of fused-ring (bicyclic) bond motifs is 4. The van der Waals surface area contributed by atoms with Crippen molar-refractivity contribution in [3.63, 3.8) is 0 Å². The lowest BCUT2D eigenvalue weighted by molar-refractivity contribution is 0.318. The van der Waals surface area contributed by atoms with Crippen molar-refractivity contribution in [2.45, 2.75) is 39.9 Å². The van der Waals surface area contributed by atoms with Crippen molar-refractivity contribution < 1.29 is 77.0 Å². The third kappa shape index (κ3) is 12.5. The number of anilines is 1. The number of phenolic OH excluding ortho intramolecular Hbond substituents is 4. The smallest absolute Gasteiger partial charge is 0.297 e. The second kappa shape index (κ2) is 23.5. The fourth-order valence-corrected chi connectivity index (χ4v) is 11.6. The molecule has 0 bridgehead atoms. The largest absolute Gasteiger partial charge is 0.507 e. The van der Waals surface area contributed by atoms with Gasteiger partial charge in [-0.05, 0) is 127 Å². The number of nitrogens with two attached hydrogens (primary N) is 1. The van der Waals surface area contributed by atoms with Crippen LogP contribution in [0.3, 0.4) is 0 Å². The Morgan fingerprint density at radius 3 is 1.66 bits per heavy atom. The number of ether oxygens (including phenoxy) is 1. The van der Waals surface area contributed by atoms with Crippen molar-refractivity contribution in [2.75, 3.05) is 12.3 Å². The molecule has 88 heavy (non-hydrogen) atoms. The summed E-state index contributed by atoms with van der Waals surface area (Å²) in [5.74, 6) is -2.48. The SMILES string of the molecule is CCCOc1cc(N=Nc2cc(S(=O)(=O)O)cc3cc(S(=O)(=O)O)cc(O)c23)c(C)cc1N=Nc1c(S(=O)(=O)O)cc2c(S(=O)(=O)O)c(N=Nc3c(N)ccc4c(O)c(N=Nc5ccc6ccc(N=Nc7ccccc7)c(O)c6c5)ccc34)ccc2c1O. The Bertz CT molecular complexity index is 5220. The minimum absolute atomic E-state index is 0.00264. The maximum Gasteiger partial charge on any atom is 0.297 e. The van der Waals surface area contributed by atoms with Crippen LogP contribution in [0, 0.1) is 6.92 Å². The fourth-order valence-electron chi connectivity index (χ4n) is 9.02. The van der Waals surface area contributed by atoms with Gasteiger partial charge >= 0.3 is 0 Å². The molecular weight excluding hydrogens is 1230 g/mol. The Kier molecular flexibility index (Phi) is 16.2. The van der Waals surface area contributed by atoms with Crippen molar-refractivity contribution in [1.29, 1.82) is 0 Å². The first-order chi connectivity index (χ1) is 41.6. The van der Waals surface area contributed by atoms with Crippen LogP contribution in [0.25, 0.3) is 43.1 Å². The maximum absolute atomic E-state index is 13.2. The van der Waals surface area contributed by atoms with Crippen molar-refractivity contribution in [3.05, 3.63) is 145 Å². The van der Waals surface area contributed by atoms with Gasteiger partial charge in [0.05, 0.1) is 50.2 Å². The molecule has 0 aliphatic carbocycles. The first-order valence-corrected chi connectivity index (χ1v) is 31.1. The average molecular weight is 1270 g/mol. The summed E-state index contributed by atoms with van der Waals surface area (Å²) in [6.45, 7) is 3.26. The number of nitrogen functional groups attached to an aromatic ring is 1. The Hall–Kier alpha value is -10.3. The number of aromatic hydroxyl groups is 4. The number of nitrogens with zero attached hydrogens (tertiary/aromatic N) is 10. The molecule has 0 saturated carbocycles. The van der Waals surface area contributed by atoms with Crippen LogP contribution in [-0.2, 0) is 40.5 Å². The lowest BCUT2D eigenvalue weighted by Gasteiger charge is -2.13. The Morgan fingerprint density at radius 2 is 0.989 bits per heavy atom. The molecule has 10 aromatic rings. The Morgan fingerprint density at radius 1 is 0.432 bits per heavy atom. The molecule has 0 spiro atoms.